The van der Waals surface area contributed by atoms with Gasteiger partial charge in [-0.3, -0.25) is 4.90 Å². The van der Waals surface area contributed by atoms with E-state index in [-0.39, 0.29) is 0 Å². The number of ether oxygens (including phenoxy) is 1. The molecule has 1 aromatic heterocycles. The first-order chi connectivity index (χ1) is 12.2. The van der Waals surface area contributed by atoms with E-state index in [1.807, 2.05) is 18.3 Å². The average Bonchev–Trinajstić information content (AvgIpc) is 3.08. The maximum Gasteiger partial charge on any atom is 0.120 e. The number of benzene rings is 2. The molecule has 0 spiro atoms. The Kier molecular flexibility index (Phi) is 5.42. The van der Waals surface area contributed by atoms with Crippen molar-refractivity contribution in [3.8, 4) is 18.1 Å². The number of rotatable bonds is 7. The second-order valence-electron chi connectivity index (χ2n) is 6.56. The minimum absolute atomic E-state index is 0.425. The molecule has 0 radical (unpaired) electrons. The molecule has 3 aromatic rings. The monoisotopic (exact) mass is 332 g/mol. The van der Waals surface area contributed by atoms with Gasteiger partial charge in [0.1, 0.15) is 12.4 Å². The Hall–Kier alpha value is -2.70. The molecule has 0 aliphatic rings. The number of fused-ring (bicyclic) bond motifs is 1. The van der Waals surface area contributed by atoms with Crippen molar-refractivity contribution in [2.24, 2.45) is 0 Å². The number of hydrogen-bond donors (Lipinski definition) is 1. The molecule has 3 heteroatoms. The zero-order valence-corrected chi connectivity index (χ0v) is 14.8. The van der Waals surface area contributed by atoms with E-state index < -0.39 is 0 Å². The van der Waals surface area contributed by atoms with Gasteiger partial charge >= 0.3 is 0 Å². The van der Waals surface area contributed by atoms with Crippen LogP contribution in [0.15, 0.2) is 54.7 Å². The number of terminal acetylenes is 1. The Balaban J connectivity index is 1.64. The maximum absolute atomic E-state index is 5.97. The Bertz CT molecular complexity index is 875. The van der Waals surface area contributed by atoms with Gasteiger partial charge < -0.3 is 9.72 Å². The van der Waals surface area contributed by atoms with Crippen molar-refractivity contribution in [2.45, 2.75) is 19.4 Å². The minimum atomic E-state index is 0.425. The fourth-order valence-corrected chi connectivity index (χ4v) is 3.07. The lowest BCUT2D eigenvalue weighted by Gasteiger charge is -2.20. The number of likely N-dealkylation sites (N-methyl/N-ethyl adjacent to an activating group) is 1. The standard InChI is InChI=1S/C22H24N2O/c1-4-12-24(3)15-17(2)19-7-5-6-18(13-19)16-25-21-8-9-22-20(14-21)10-11-23-22/h1,5-11,13-14,17,23H,12,15-16H2,2-3H3. The van der Waals surface area contributed by atoms with Gasteiger partial charge in [0.2, 0.25) is 0 Å². The van der Waals surface area contributed by atoms with E-state index in [0.29, 0.717) is 19.1 Å². The topological polar surface area (TPSA) is 28.3 Å². The van der Waals surface area contributed by atoms with Gasteiger partial charge in [-0.05, 0) is 48.4 Å². The average molecular weight is 332 g/mol. The lowest BCUT2D eigenvalue weighted by molar-refractivity contribution is 0.306. The number of aromatic nitrogens is 1. The molecule has 3 rings (SSSR count). The number of nitrogens with zero attached hydrogens (tertiary/aromatic N) is 1. The Labute approximate surface area is 149 Å². The van der Waals surface area contributed by atoms with E-state index in [0.717, 1.165) is 23.2 Å². The van der Waals surface area contributed by atoms with Crippen LogP contribution in [0.4, 0.5) is 0 Å². The molecular formula is C22H24N2O. The summed E-state index contributed by atoms with van der Waals surface area (Å²) < 4.78 is 5.97. The first-order valence-electron chi connectivity index (χ1n) is 8.56. The van der Waals surface area contributed by atoms with Crippen molar-refractivity contribution < 1.29 is 4.74 Å². The molecule has 0 saturated carbocycles. The van der Waals surface area contributed by atoms with Crippen LogP contribution in [-0.2, 0) is 6.61 Å². The van der Waals surface area contributed by atoms with Gasteiger partial charge in [0.05, 0.1) is 6.54 Å². The molecule has 0 fully saturated rings. The highest BCUT2D eigenvalue weighted by molar-refractivity contribution is 5.80. The summed E-state index contributed by atoms with van der Waals surface area (Å²) in [5.74, 6) is 4.00. The van der Waals surface area contributed by atoms with Crippen LogP contribution in [0.25, 0.3) is 10.9 Å². The predicted octanol–water partition coefficient (Wildman–Crippen LogP) is 4.42. The van der Waals surface area contributed by atoms with Crippen LogP contribution < -0.4 is 4.74 Å². The SMILES string of the molecule is C#CCN(C)CC(C)c1cccc(COc2ccc3[nH]ccc3c2)c1. The molecule has 0 bridgehead atoms. The molecule has 2 aromatic carbocycles. The quantitative estimate of drug-likeness (QED) is 0.649. The lowest BCUT2D eigenvalue weighted by atomic mass is 9.99. The van der Waals surface area contributed by atoms with E-state index in [9.17, 15) is 0 Å². The van der Waals surface area contributed by atoms with Crippen molar-refractivity contribution in [1.82, 2.24) is 9.88 Å². The van der Waals surface area contributed by atoms with Crippen molar-refractivity contribution in [3.05, 3.63) is 65.9 Å². The summed E-state index contributed by atoms with van der Waals surface area (Å²) >= 11 is 0. The third kappa shape index (κ3) is 4.43. The molecule has 25 heavy (non-hydrogen) atoms. The molecule has 0 saturated heterocycles. The molecule has 3 nitrogen and oxygen atoms in total. The molecular weight excluding hydrogens is 308 g/mol. The van der Waals surface area contributed by atoms with Crippen LogP contribution in [-0.4, -0.2) is 30.0 Å². The van der Waals surface area contributed by atoms with Gasteiger partial charge in [-0.1, -0.05) is 37.1 Å². The number of hydrogen-bond acceptors (Lipinski definition) is 2. The largest absolute Gasteiger partial charge is 0.489 e. The Morgan fingerprint density at radius 2 is 2.08 bits per heavy atom. The van der Waals surface area contributed by atoms with Crippen LogP contribution in [0.2, 0.25) is 0 Å². The van der Waals surface area contributed by atoms with Crippen LogP contribution in [0.3, 0.4) is 0 Å². The third-order valence-corrected chi connectivity index (χ3v) is 4.40. The minimum Gasteiger partial charge on any atom is -0.489 e. The smallest absolute Gasteiger partial charge is 0.120 e. The molecule has 1 unspecified atom stereocenters. The Morgan fingerprint density at radius 3 is 2.92 bits per heavy atom. The fourth-order valence-electron chi connectivity index (χ4n) is 3.07. The zero-order valence-electron chi connectivity index (χ0n) is 14.8. The van der Waals surface area contributed by atoms with E-state index in [1.54, 1.807) is 0 Å². The molecule has 0 aliphatic heterocycles. The van der Waals surface area contributed by atoms with Gasteiger partial charge in [0.25, 0.3) is 0 Å². The number of aromatic amines is 1. The molecule has 128 valence electrons. The lowest BCUT2D eigenvalue weighted by Crippen LogP contribution is -2.23. The summed E-state index contributed by atoms with van der Waals surface area (Å²) in [4.78, 5) is 5.36. The Morgan fingerprint density at radius 1 is 1.20 bits per heavy atom. The van der Waals surface area contributed by atoms with Crippen LogP contribution >= 0.6 is 0 Å². The van der Waals surface area contributed by atoms with E-state index in [4.69, 9.17) is 11.2 Å². The fraction of sp³-hybridized carbons (Fsp3) is 0.273. The van der Waals surface area contributed by atoms with Crippen LogP contribution in [0.1, 0.15) is 24.0 Å². The van der Waals surface area contributed by atoms with Gasteiger partial charge in [-0.15, -0.1) is 6.42 Å². The van der Waals surface area contributed by atoms with Crippen LogP contribution in [0, 0.1) is 12.3 Å². The number of H-pyrrole nitrogens is 1. The van der Waals surface area contributed by atoms with Gasteiger partial charge in [-0.25, -0.2) is 0 Å². The van der Waals surface area contributed by atoms with Crippen LogP contribution in [0.5, 0.6) is 5.75 Å². The van der Waals surface area contributed by atoms with Gasteiger partial charge in [0, 0.05) is 23.6 Å². The highest BCUT2D eigenvalue weighted by atomic mass is 16.5. The van der Waals surface area contributed by atoms with E-state index in [1.165, 1.54) is 11.1 Å². The summed E-state index contributed by atoms with van der Waals surface area (Å²) in [5.41, 5.74) is 3.61. The molecule has 1 N–H and O–H groups in total. The first kappa shape index (κ1) is 17.1. The molecule has 1 heterocycles. The summed E-state index contributed by atoms with van der Waals surface area (Å²) in [6.07, 6.45) is 7.32. The van der Waals surface area contributed by atoms with Crippen molar-refractivity contribution in [1.29, 1.82) is 0 Å². The highest BCUT2D eigenvalue weighted by Gasteiger charge is 2.09. The van der Waals surface area contributed by atoms with Crippen molar-refractivity contribution in [2.75, 3.05) is 20.1 Å². The molecule has 1 atom stereocenters. The van der Waals surface area contributed by atoms with Gasteiger partial charge in [-0.2, -0.15) is 0 Å². The second kappa shape index (κ2) is 7.92. The summed E-state index contributed by atoms with van der Waals surface area (Å²) in [7, 11) is 2.06. The van der Waals surface area contributed by atoms with Gasteiger partial charge in [0.15, 0.2) is 0 Å². The summed E-state index contributed by atoms with van der Waals surface area (Å²) in [6, 6.07) is 16.8. The third-order valence-electron chi connectivity index (χ3n) is 4.40. The zero-order chi connectivity index (χ0) is 17.6. The van der Waals surface area contributed by atoms with Crippen molar-refractivity contribution in [3.63, 3.8) is 0 Å². The predicted molar refractivity (Wildman–Crippen MR) is 104 cm³/mol. The van der Waals surface area contributed by atoms with E-state index in [2.05, 4.69) is 66.2 Å². The summed E-state index contributed by atoms with van der Waals surface area (Å²) in [5, 5.41) is 1.16. The maximum atomic E-state index is 5.97. The molecule has 0 aliphatic carbocycles. The first-order valence-corrected chi connectivity index (χ1v) is 8.56. The highest BCUT2D eigenvalue weighted by Crippen LogP contribution is 2.22. The number of nitrogens with one attached hydrogen (secondary N) is 1. The normalized spacial score (nSPS) is 12.2. The van der Waals surface area contributed by atoms with Crippen molar-refractivity contribution >= 4 is 10.9 Å². The molecule has 0 amide bonds. The second-order valence-corrected chi connectivity index (χ2v) is 6.56. The van der Waals surface area contributed by atoms with E-state index >= 15 is 0 Å². The summed E-state index contributed by atoms with van der Waals surface area (Å²) in [6.45, 7) is 4.41.